The van der Waals surface area contributed by atoms with E-state index in [0.29, 0.717) is 16.3 Å². The molecular weight excluding hydrogens is 303 g/mol. The SMILES string of the molecule is OCc1c(OCc2ccc(F)cc2Cl)ccc2ccccc12. The minimum atomic E-state index is -0.379. The maximum atomic E-state index is 13.0. The molecule has 0 amide bonds. The van der Waals surface area contributed by atoms with Crippen LogP contribution in [0.5, 0.6) is 5.75 Å². The number of fused-ring (bicyclic) bond motifs is 1. The summed E-state index contributed by atoms with van der Waals surface area (Å²) in [6, 6.07) is 15.8. The molecule has 3 aromatic rings. The van der Waals surface area contributed by atoms with Gasteiger partial charge in [0.1, 0.15) is 18.2 Å². The predicted molar refractivity (Wildman–Crippen MR) is 85.6 cm³/mol. The van der Waals surface area contributed by atoms with Gasteiger partial charge >= 0.3 is 0 Å². The second kappa shape index (κ2) is 6.34. The minimum absolute atomic E-state index is 0.117. The number of aliphatic hydroxyl groups excluding tert-OH is 1. The summed E-state index contributed by atoms with van der Waals surface area (Å²) in [4.78, 5) is 0. The van der Waals surface area contributed by atoms with Gasteiger partial charge in [0, 0.05) is 11.1 Å². The second-order valence-electron chi connectivity index (χ2n) is 4.95. The Morgan fingerprint density at radius 3 is 2.64 bits per heavy atom. The van der Waals surface area contributed by atoms with Gasteiger partial charge in [-0.25, -0.2) is 4.39 Å². The summed E-state index contributed by atoms with van der Waals surface area (Å²) >= 11 is 6.00. The van der Waals surface area contributed by atoms with Crippen molar-refractivity contribution in [3.63, 3.8) is 0 Å². The molecule has 4 heteroatoms. The zero-order valence-corrected chi connectivity index (χ0v) is 12.5. The molecule has 0 saturated heterocycles. The minimum Gasteiger partial charge on any atom is -0.488 e. The molecule has 0 heterocycles. The largest absolute Gasteiger partial charge is 0.488 e. The van der Waals surface area contributed by atoms with Crippen LogP contribution in [0.25, 0.3) is 10.8 Å². The van der Waals surface area contributed by atoms with Crippen LogP contribution in [0.1, 0.15) is 11.1 Å². The van der Waals surface area contributed by atoms with Crippen molar-refractivity contribution in [2.24, 2.45) is 0 Å². The van der Waals surface area contributed by atoms with Crippen LogP contribution in [-0.4, -0.2) is 5.11 Å². The van der Waals surface area contributed by atoms with Crippen molar-refractivity contribution in [2.75, 3.05) is 0 Å². The van der Waals surface area contributed by atoms with Crippen molar-refractivity contribution >= 4 is 22.4 Å². The smallest absolute Gasteiger partial charge is 0.125 e. The molecule has 0 aliphatic rings. The van der Waals surface area contributed by atoms with E-state index in [-0.39, 0.29) is 19.0 Å². The van der Waals surface area contributed by atoms with E-state index in [1.54, 1.807) is 6.07 Å². The van der Waals surface area contributed by atoms with E-state index in [9.17, 15) is 9.50 Å². The lowest BCUT2D eigenvalue weighted by atomic mass is 10.0. The monoisotopic (exact) mass is 316 g/mol. The first kappa shape index (κ1) is 14.8. The Morgan fingerprint density at radius 1 is 1.05 bits per heavy atom. The molecule has 0 radical (unpaired) electrons. The van der Waals surface area contributed by atoms with Gasteiger partial charge in [0.05, 0.1) is 11.6 Å². The average Bonchev–Trinajstić information content (AvgIpc) is 2.53. The first-order valence-electron chi connectivity index (χ1n) is 6.87. The normalized spacial score (nSPS) is 10.9. The fraction of sp³-hybridized carbons (Fsp3) is 0.111. The Hall–Kier alpha value is -2.10. The Balaban J connectivity index is 1.90. The van der Waals surface area contributed by atoms with E-state index in [1.165, 1.54) is 12.1 Å². The lowest BCUT2D eigenvalue weighted by molar-refractivity contribution is 0.261. The molecule has 0 spiro atoms. The molecule has 3 aromatic carbocycles. The average molecular weight is 317 g/mol. The van der Waals surface area contributed by atoms with Crippen LogP contribution >= 0.6 is 11.6 Å². The van der Waals surface area contributed by atoms with Gasteiger partial charge in [-0.05, 0) is 29.0 Å². The molecule has 22 heavy (non-hydrogen) atoms. The number of hydrogen-bond acceptors (Lipinski definition) is 2. The summed E-state index contributed by atoms with van der Waals surface area (Å²) in [6.45, 7) is 0.0955. The highest BCUT2D eigenvalue weighted by Crippen LogP contribution is 2.29. The van der Waals surface area contributed by atoms with E-state index >= 15 is 0 Å². The van der Waals surface area contributed by atoms with Crippen molar-refractivity contribution in [1.82, 2.24) is 0 Å². The van der Waals surface area contributed by atoms with Gasteiger partial charge < -0.3 is 9.84 Å². The van der Waals surface area contributed by atoms with E-state index in [4.69, 9.17) is 16.3 Å². The summed E-state index contributed by atoms with van der Waals surface area (Å²) in [6.07, 6.45) is 0. The van der Waals surface area contributed by atoms with Gasteiger partial charge in [-0.15, -0.1) is 0 Å². The summed E-state index contributed by atoms with van der Waals surface area (Å²) in [5.74, 6) is 0.220. The molecule has 112 valence electrons. The highest BCUT2D eigenvalue weighted by atomic mass is 35.5. The van der Waals surface area contributed by atoms with Gasteiger partial charge in [0.15, 0.2) is 0 Å². The van der Waals surface area contributed by atoms with Crippen molar-refractivity contribution in [3.8, 4) is 5.75 Å². The molecule has 0 bridgehead atoms. The van der Waals surface area contributed by atoms with Crippen molar-refractivity contribution in [2.45, 2.75) is 13.2 Å². The Morgan fingerprint density at radius 2 is 1.86 bits per heavy atom. The first-order valence-corrected chi connectivity index (χ1v) is 7.25. The molecule has 0 fully saturated rings. The summed E-state index contributed by atoms with van der Waals surface area (Å²) < 4.78 is 18.8. The third-order valence-electron chi connectivity index (χ3n) is 3.55. The van der Waals surface area contributed by atoms with Gasteiger partial charge in [0.2, 0.25) is 0 Å². The fourth-order valence-electron chi connectivity index (χ4n) is 2.41. The lowest BCUT2D eigenvalue weighted by Gasteiger charge is -2.13. The number of ether oxygens (including phenoxy) is 1. The zero-order valence-electron chi connectivity index (χ0n) is 11.7. The highest BCUT2D eigenvalue weighted by molar-refractivity contribution is 6.31. The summed E-state index contributed by atoms with van der Waals surface area (Å²) in [7, 11) is 0. The van der Waals surface area contributed by atoms with Crippen LogP contribution in [-0.2, 0) is 13.2 Å². The molecule has 0 aromatic heterocycles. The predicted octanol–water partition coefficient (Wildman–Crippen LogP) is 4.70. The Bertz CT molecular complexity index is 817. The molecule has 3 rings (SSSR count). The molecule has 0 unspecified atom stereocenters. The van der Waals surface area contributed by atoms with Crippen molar-refractivity contribution < 1.29 is 14.2 Å². The molecule has 1 N–H and O–H groups in total. The zero-order chi connectivity index (χ0) is 15.5. The van der Waals surface area contributed by atoms with Gasteiger partial charge in [0.25, 0.3) is 0 Å². The van der Waals surface area contributed by atoms with E-state index in [2.05, 4.69) is 0 Å². The van der Waals surface area contributed by atoms with Crippen molar-refractivity contribution in [1.29, 1.82) is 0 Å². The Labute approximate surface area is 132 Å². The molecule has 0 aliphatic heterocycles. The van der Waals surface area contributed by atoms with Crippen LogP contribution in [0.15, 0.2) is 54.6 Å². The van der Waals surface area contributed by atoms with Crippen LogP contribution in [0, 0.1) is 5.82 Å². The number of benzene rings is 3. The van der Waals surface area contributed by atoms with E-state index < -0.39 is 0 Å². The topological polar surface area (TPSA) is 29.5 Å². The van der Waals surface area contributed by atoms with Crippen molar-refractivity contribution in [3.05, 3.63) is 76.6 Å². The standard InChI is InChI=1S/C18H14ClFO2/c19-17-9-14(20)7-5-13(17)11-22-18-8-6-12-3-1-2-4-15(12)16(18)10-21/h1-9,21H,10-11H2. The third kappa shape index (κ3) is 2.91. The summed E-state index contributed by atoms with van der Waals surface area (Å²) in [5, 5.41) is 12.0. The maximum absolute atomic E-state index is 13.0. The molecule has 0 atom stereocenters. The Kier molecular flexibility index (Phi) is 4.27. The molecule has 2 nitrogen and oxygen atoms in total. The fourth-order valence-corrected chi connectivity index (χ4v) is 2.63. The number of aliphatic hydroxyl groups is 1. The number of hydrogen-bond donors (Lipinski definition) is 1. The van der Waals surface area contributed by atoms with Crippen LogP contribution in [0.4, 0.5) is 4.39 Å². The first-order chi connectivity index (χ1) is 10.7. The lowest BCUT2D eigenvalue weighted by Crippen LogP contribution is -2.00. The van der Waals surface area contributed by atoms with Crippen LogP contribution in [0.3, 0.4) is 0 Å². The number of halogens is 2. The molecule has 0 aliphatic carbocycles. The third-order valence-corrected chi connectivity index (χ3v) is 3.91. The highest BCUT2D eigenvalue weighted by Gasteiger charge is 2.09. The maximum Gasteiger partial charge on any atom is 0.125 e. The molecule has 0 saturated carbocycles. The van der Waals surface area contributed by atoms with Gasteiger partial charge in [-0.1, -0.05) is 48.0 Å². The molecular formula is C18H14ClFO2. The van der Waals surface area contributed by atoms with Gasteiger partial charge in [-0.2, -0.15) is 0 Å². The van der Waals surface area contributed by atoms with Gasteiger partial charge in [-0.3, -0.25) is 0 Å². The van der Waals surface area contributed by atoms with E-state index in [0.717, 1.165) is 16.3 Å². The number of rotatable bonds is 4. The summed E-state index contributed by atoms with van der Waals surface area (Å²) in [5.41, 5.74) is 1.43. The van der Waals surface area contributed by atoms with Crippen LogP contribution < -0.4 is 4.74 Å². The quantitative estimate of drug-likeness (QED) is 0.755. The van der Waals surface area contributed by atoms with Crippen LogP contribution in [0.2, 0.25) is 5.02 Å². The van der Waals surface area contributed by atoms with E-state index in [1.807, 2.05) is 36.4 Å². The second-order valence-corrected chi connectivity index (χ2v) is 5.35.